The van der Waals surface area contributed by atoms with Crippen LogP contribution in [0.2, 0.25) is 0 Å². The molecule has 0 spiro atoms. The van der Waals surface area contributed by atoms with E-state index in [1.165, 1.54) is 6.07 Å². The number of nitrogens with two attached hydrogens (primary N) is 1. The minimum Gasteiger partial charge on any atom is -0.369 e. The molecule has 0 aliphatic carbocycles. The summed E-state index contributed by atoms with van der Waals surface area (Å²) in [5.41, 5.74) is 7.67. The van der Waals surface area contributed by atoms with Crippen LogP contribution in [0.1, 0.15) is 0 Å². The fraction of sp³-hybridized carbons (Fsp3) is 0. The Morgan fingerprint density at radius 1 is 1.11 bits per heavy atom. The molecule has 0 atom stereocenters. The molecule has 3 nitrogen and oxygen atoms in total. The molecule has 0 unspecified atom stereocenters. The molecular weight excluding hydrogens is 297 g/mol. The highest BCUT2D eigenvalue weighted by atomic mass is 79.9. The molecule has 3 aromatic rings. The Balaban J connectivity index is 2.32. The molecule has 0 amide bonds. The van der Waals surface area contributed by atoms with Gasteiger partial charge in [-0.2, -0.15) is 0 Å². The smallest absolute Gasteiger partial charge is 0.206 e. The number of nitrogens with zero attached hydrogens (tertiary/aromatic N) is 2. The quantitative estimate of drug-likeness (QED) is 0.747. The van der Waals surface area contributed by atoms with E-state index in [-0.39, 0.29) is 17.3 Å². The lowest BCUT2D eigenvalue weighted by Gasteiger charge is -2.06. The van der Waals surface area contributed by atoms with Gasteiger partial charge in [0.05, 0.1) is 5.52 Å². The number of hydrogen-bond donors (Lipinski definition) is 1. The number of para-hydroxylation sites is 1. The Labute approximate surface area is 111 Å². The van der Waals surface area contributed by atoms with E-state index in [0.717, 1.165) is 10.2 Å². The van der Waals surface area contributed by atoms with Crippen molar-refractivity contribution in [2.45, 2.75) is 0 Å². The van der Waals surface area contributed by atoms with Crippen molar-refractivity contribution in [1.29, 1.82) is 0 Å². The van der Waals surface area contributed by atoms with E-state index in [1.807, 2.05) is 24.3 Å². The molecule has 90 valence electrons. The summed E-state index contributed by atoms with van der Waals surface area (Å²) in [5.74, 6) is -0.0903. The topological polar surface area (TPSA) is 43.8 Å². The molecule has 0 aliphatic heterocycles. The van der Waals surface area contributed by atoms with Crippen molar-refractivity contribution in [3.8, 4) is 5.69 Å². The number of imidazole rings is 1. The second-order valence-electron chi connectivity index (χ2n) is 3.89. The molecule has 0 fully saturated rings. The Morgan fingerprint density at radius 3 is 2.56 bits per heavy atom. The molecule has 0 saturated carbocycles. The van der Waals surface area contributed by atoms with Crippen molar-refractivity contribution in [3.63, 3.8) is 0 Å². The van der Waals surface area contributed by atoms with Crippen LogP contribution in [-0.2, 0) is 0 Å². The van der Waals surface area contributed by atoms with Crippen molar-refractivity contribution in [1.82, 2.24) is 9.55 Å². The predicted molar refractivity (Wildman–Crippen MR) is 73.1 cm³/mol. The third kappa shape index (κ3) is 1.67. The van der Waals surface area contributed by atoms with Crippen LogP contribution in [0.4, 0.5) is 10.3 Å². The van der Waals surface area contributed by atoms with Crippen LogP contribution in [0.5, 0.6) is 0 Å². The van der Waals surface area contributed by atoms with Crippen molar-refractivity contribution in [3.05, 3.63) is 52.8 Å². The summed E-state index contributed by atoms with van der Waals surface area (Å²) in [5, 5.41) is 0. The summed E-state index contributed by atoms with van der Waals surface area (Å²) in [4.78, 5) is 4.07. The van der Waals surface area contributed by atoms with E-state index in [2.05, 4.69) is 20.9 Å². The van der Waals surface area contributed by atoms with Crippen LogP contribution in [-0.4, -0.2) is 9.55 Å². The summed E-state index contributed by atoms with van der Waals surface area (Å²) >= 11 is 3.37. The first-order chi connectivity index (χ1) is 8.66. The second-order valence-corrected chi connectivity index (χ2v) is 4.81. The van der Waals surface area contributed by atoms with Gasteiger partial charge >= 0.3 is 0 Å². The largest absolute Gasteiger partial charge is 0.369 e. The van der Waals surface area contributed by atoms with Crippen molar-refractivity contribution >= 4 is 32.9 Å². The first kappa shape index (κ1) is 11.2. The second kappa shape index (κ2) is 4.10. The van der Waals surface area contributed by atoms with Gasteiger partial charge in [-0.25, -0.2) is 9.37 Å². The van der Waals surface area contributed by atoms with Crippen LogP contribution < -0.4 is 5.73 Å². The third-order valence-corrected chi connectivity index (χ3v) is 3.28. The number of aromatic nitrogens is 2. The maximum atomic E-state index is 13.6. The molecule has 18 heavy (non-hydrogen) atoms. The maximum Gasteiger partial charge on any atom is 0.206 e. The maximum absolute atomic E-state index is 13.6. The van der Waals surface area contributed by atoms with E-state index >= 15 is 0 Å². The zero-order chi connectivity index (χ0) is 12.7. The monoisotopic (exact) mass is 305 g/mol. The highest BCUT2D eigenvalue weighted by molar-refractivity contribution is 9.10. The fourth-order valence-electron chi connectivity index (χ4n) is 1.94. The summed E-state index contributed by atoms with van der Waals surface area (Å²) in [7, 11) is 0. The minimum absolute atomic E-state index is 0.275. The number of hydrogen-bond acceptors (Lipinski definition) is 2. The highest BCUT2D eigenvalue weighted by Crippen LogP contribution is 2.25. The average molecular weight is 306 g/mol. The van der Waals surface area contributed by atoms with Crippen molar-refractivity contribution < 1.29 is 4.39 Å². The van der Waals surface area contributed by atoms with E-state index in [1.54, 1.807) is 16.7 Å². The van der Waals surface area contributed by atoms with Crippen LogP contribution in [0.25, 0.3) is 16.7 Å². The van der Waals surface area contributed by atoms with E-state index < -0.39 is 0 Å². The minimum atomic E-state index is -0.366. The molecule has 2 N–H and O–H groups in total. The molecule has 0 saturated heterocycles. The molecule has 5 heteroatoms. The molecule has 0 aliphatic rings. The number of fused-ring (bicyclic) bond motifs is 1. The molecule has 0 bridgehead atoms. The number of nitrogen functional groups attached to an aromatic ring is 1. The van der Waals surface area contributed by atoms with E-state index in [4.69, 9.17) is 5.73 Å². The number of halogens is 2. The first-order valence-electron chi connectivity index (χ1n) is 5.35. The average Bonchev–Trinajstić information content (AvgIpc) is 2.69. The Bertz CT molecular complexity index is 719. The first-order valence-corrected chi connectivity index (χ1v) is 6.14. The Morgan fingerprint density at radius 2 is 1.83 bits per heavy atom. The van der Waals surface area contributed by atoms with Gasteiger partial charge in [0, 0.05) is 10.2 Å². The number of rotatable bonds is 1. The summed E-state index contributed by atoms with van der Waals surface area (Å²) in [6, 6.07) is 12.4. The van der Waals surface area contributed by atoms with Crippen LogP contribution in [0, 0.1) is 5.82 Å². The molecule has 1 heterocycles. The van der Waals surface area contributed by atoms with Crippen molar-refractivity contribution in [2.75, 3.05) is 5.73 Å². The number of benzene rings is 2. The summed E-state index contributed by atoms with van der Waals surface area (Å²) in [6.45, 7) is 0. The van der Waals surface area contributed by atoms with Gasteiger partial charge in [0.15, 0.2) is 5.82 Å². The molecular formula is C13H9BrFN3. The lowest BCUT2D eigenvalue weighted by Crippen LogP contribution is -2.00. The Hall–Kier alpha value is -1.88. The molecule has 1 aromatic heterocycles. The van der Waals surface area contributed by atoms with Gasteiger partial charge in [-0.3, -0.25) is 4.57 Å². The SMILES string of the molecule is Nc1nc2c(F)cccc2n1-c1ccc(Br)cc1. The standard InChI is InChI=1S/C13H9BrFN3/c14-8-4-6-9(7-5-8)18-11-3-1-2-10(15)12(11)17-13(18)16/h1-7H,(H2,16,17). The summed E-state index contributed by atoms with van der Waals surface area (Å²) < 4.78 is 16.3. The van der Waals surface area contributed by atoms with Gasteiger partial charge in [-0.1, -0.05) is 22.0 Å². The zero-order valence-electron chi connectivity index (χ0n) is 9.27. The lowest BCUT2D eigenvalue weighted by atomic mass is 10.2. The van der Waals surface area contributed by atoms with Crippen LogP contribution >= 0.6 is 15.9 Å². The summed E-state index contributed by atoms with van der Waals surface area (Å²) in [6.07, 6.45) is 0. The molecule has 3 rings (SSSR count). The molecule has 0 radical (unpaired) electrons. The van der Waals surface area contributed by atoms with Gasteiger partial charge in [0.2, 0.25) is 5.95 Å². The van der Waals surface area contributed by atoms with Crippen LogP contribution in [0.3, 0.4) is 0 Å². The normalized spacial score (nSPS) is 11.0. The van der Waals surface area contributed by atoms with Crippen molar-refractivity contribution in [2.24, 2.45) is 0 Å². The van der Waals surface area contributed by atoms with Gasteiger partial charge in [-0.05, 0) is 36.4 Å². The highest BCUT2D eigenvalue weighted by Gasteiger charge is 2.12. The van der Waals surface area contributed by atoms with Gasteiger partial charge in [-0.15, -0.1) is 0 Å². The third-order valence-electron chi connectivity index (χ3n) is 2.75. The zero-order valence-corrected chi connectivity index (χ0v) is 10.9. The van der Waals surface area contributed by atoms with Gasteiger partial charge < -0.3 is 5.73 Å². The van der Waals surface area contributed by atoms with Gasteiger partial charge in [0.25, 0.3) is 0 Å². The predicted octanol–water partition coefficient (Wildman–Crippen LogP) is 3.51. The lowest BCUT2D eigenvalue weighted by molar-refractivity contribution is 0.637. The molecule has 2 aromatic carbocycles. The Kier molecular flexibility index (Phi) is 2.56. The van der Waals surface area contributed by atoms with E-state index in [9.17, 15) is 4.39 Å². The number of anilines is 1. The van der Waals surface area contributed by atoms with Crippen LogP contribution in [0.15, 0.2) is 46.9 Å². The van der Waals surface area contributed by atoms with Gasteiger partial charge in [0.1, 0.15) is 5.52 Å². The van der Waals surface area contributed by atoms with E-state index in [0.29, 0.717) is 5.52 Å². The fourth-order valence-corrected chi connectivity index (χ4v) is 2.21.